The van der Waals surface area contributed by atoms with E-state index in [0.717, 1.165) is 11.1 Å². The Hall–Kier alpha value is -1.02. The average Bonchev–Trinajstić information content (AvgIpc) is 2.46. The summed E-state index contributed by atoms with van der Waals surface area (Å²) in [4.78, 5) is 4.21. The largest absolute Gasteiger partial charge is 0.439 e. The lowest BCUT2D eigenvalue weighted by atomic mass is 10.3. The summed E-state index contributed by atoms with van der Waals surface area (Å²) in [6.45, 7) is 1.84. The quantitative estimate of drug-likeness (QED) is 0.632. The van der Waals surface area contributed by atoms with Gasteiger partial charge in [-0.05, 0) is 19.1 Å². The van der Waals surface area contributed by atoms with E-state index in [2.05, 4.69) is 4.98 Å². The number of nitrogens with zero attached hydrogens (tertiary/aromatic N) is 1. The van der Waals surface area contributed by atoms with Crippen molar-refractivity contribution in [2.75, 3.05) is 0 Å². The lowest BCUT2D eigenvalue weighted by molar-refractivity contribution is 0.531. The van der Waals surface area contributed by atoms with Crippen molar-refractivity contribution in [2.45, 2.75) is 12.3 Å². The van der Waals surface area contributed by atoms with E-state index in [4.69, 9.17) is 16.0 Å². The zero-order chi connectivity index (χ0) is 8.55. The first-order valence-corrected chi connectivity index (χ1v) is 4.20. The molecule has 62 valence electrons. The Morgan fingerprint density at radius 2 is 2.17 bits per heavy atom. The normalized spacial score (nSPS) is 13.5. The molecule has 0 fully saturated rings. The van der Waals surface area contributed by atoms with Crippen LogP contribution in [0.1, 0.15) is 18.2 Å². The van der Waals surface area contributed by atoms with Gasteiger partial charge in [0.1, 0.15) is 10.9 Å². The molecule has 0 aliphatic heterocycles. The highest BCUT2D eigenvalue weighted by atomic mass is 35.5. The standard InChI is InChI=1S/C9H8ClNO/c1-6(10)9-11-7-4-2-3-5-8(7)12-9/h2-6H,1H3. The lowest BCUT2D eigenvalue weighted by Crippen LogP contribution is -1.81. The van der Waals surface area contributed by atoms with Crippen LogP contribution in [0, 0.1) is 0 Å². The van der Waals surface area contributed by atoms with Crippen LogP contribution in [0.15, 0.2) is 28.7 Å². The van der Waals surface area contributed by atoms with Crippen molar-refractivity contribution in [2.24, 2.45) is 0 Å². The number of fused-ring (bicyclic) bond motifs is 1. The van der Waals surface area contributed by atoms with Crippen LogP contribution in [-0.2, 0) is 0 Å². The highest BCUT2D eigenvalue weighted by molar-refractivity contribution is 6.20. The molecule has 0 bridgehead atoms. The van der Waals surface area contributed by atoms with E-state index in [1.807, 2.05) is 31.2 Å². The Labute approximate surface area is 75.2 Å². The fourth-order valence-corrected chi connectivity index (χ4v) is 1.15. The van der Waals surface area contributed by atoms with Crippen LogP contribution in [0.2, 0.25) is 0 Å². The van der Waals surface area contributed by atoms with E-state index >= 15 is 0 Å². The van der Waals surface area contributed by atoms with Gasteiger partial charge in [-0.15, -0.1) is 11.6 Å². The van der Waals surface area contributed by atoms with Gasteiger partial charge < -0.3 is 4.42 Å². The number of halogens is 1. The number of alkyl halides is 1. The summed E-state index contributed by atoms with van der Waals surface area (Å²) < 4.78 is 5.39. The van der Waals surface area contributed by atoms with Crippen molar-refractivity contribution >= 4 is 22.7 Å². The summed E-state index contributed by atoms with van der Waals surface area (Å²) in [5.41, 5.74) is 1.65. The molecule has 1 aromatic carbocycles. The molecule has 0 saturated carbocycles. The van der Waals surface area contributed by atoms with Crippen molar-refractivity contribution in [3.8, 4) is 0 Å². The molecule has 0 amide bonds. The molecule has 0 radical (unpaired) electrons. The predicted molar refractivity (Wildman–Crippen MR) is 48.3 cm³/mol. The number of rotatable bonds is 1. The molecule has 1 atom stereocenters. The zero-order valence-electron chi connectivity index (χ0n) is 6.62. The topological polar surface area (TPSA) is 26.0 Å². The molecular formula is C9H8ClNO. The maximum atomic E-state index is 5.82. The van der Waals surface area contributed by atoms with Gasteiger partial charge in [-0.2, -0.15) is 0 Å². The second kappa shape index (κ2) is 2.79. The fourth-order valence-electron chi connectivity index (χ4n) is 1.06. The van der Waals surface area contributed by atoms with Crippen molar-refractivity contribution in [1.29, 1.82) is 0 Å². The van der Waals surface area contributed by atoms with Crippen LogP contribution in [0.25, 0.3) is 11.1 Å². The van der Waals surface area contributed by atoms with Crippen LogP contribution in [0.4, 0.5) is 0 Å². The molecule has 1 unspecified atom stereocenters. The SMILES string of the molecule is CC(Cl)c1nc2ccccc2o1. The number of aromatic nitrogens is 1. The molecule has 1 aromatic heterocycles. The third-order valence-electron chi connectivity index (χ3n) is 1.65. The van der Waals surface area contributed by atoms with Crippen molar-refractivity contribution < 1.29 is 4.42 Å². The molecule has 12 heavy (non-hydrogen) atoms. The number of oxazole rings is 1. The van der Waals surface area contributed by atoms with Gasteiger partial charge in [0.15, 0.2) is 5.58 Å². The smallest absolute Gasteiger partial charge is 0.213 e. The minimum Gasteiger partial charge on any atom is -0.439 e. The van der Waals surface area contributed by atoms with Crippen LogP contribution in [0.5, 0.6) is 0 Å². The van der Waals surface area contributed by atoms with Crippen LogP contribution in [-0.4, -0.2) is 4.98 Å². The summed E-state index contributed by atoms with van der Waals surface area (Å²) in [7, 11) is 0. The minimum absolute atomic E-state index is 0.169. The Morgan fingerprint density at radius 3 is 2.83 bits per heavy atom. The van der Waals surface area contributed by atoms with Gasteiger partial charge in [0.25, 0.3) is 0 Å². The molecule has 2 aromatic rings. The third kappa shape index (κ3) is 1.18. The maximum Gasteiger partial charge on any atom is 0.213 e. The average molecular weight is 182 g/mol. The molecule has 3 heteroatoms. The van der Waals surface area contributed by atoms with Gasteiger partial charge in [-0.25, -0.2) is 4.98 Å². The van der Waals surface area contributed by atoms with Crippen molar-refractivity contribution in [1.82, 2.24) is 4.98 Å². The summed E-state index contributed by atoms with van der Waals surface area (Å²) in [6, 6.07) is 7.62. The minimum atomic E-state index is -0.169. The van der Waals surface area contributed by atoms with E-state index in [0.29, 0.717) is 5.89 Å². The van der Waals surface area contributed by atoms with E-state index in [1.54, 1.807) is 0 Å². The highest BCUT2D eigenvalue weighted by Crippen LogP contribution is 2.23. The number of para-hydroxylation sites is 2. The van der Waals surface area contributed by atoms with E-state index in [-0.39, 0.29) is 5.38 Å². The second-order valence-corrected chi connectivity index (χ2v) is 3.29. The summed E-state index contributed by atoms with van der Waals surface area (Å²) in [6.07, 6.45) is 0. The monoisotopic (exact) mass is 181 g/mol. The molecule has 0 aliphatic rings. The first-order chi connectivity index (χ1) is 5.77. The molecule has 1 heterocycles. The first-order valence-electron chi connectivity index (χ1n) is 3.77. The number of hydrogen-bond donors (Lipinski definition) is 0. The highest BCUT2D eigenvalue weighted by Gasteiger charge is 2.09. The van der Waals surface area contributed by atoms with Crippen LogP contribution in [0.3, 0.4) is 0 Å². The van der Waals surface area contributed by atoms with Crippen LogP contribution >= 0.6 is 11.6 Å². The van der Waals surface area contributed by atoms with Gasteiger partial charge in [-0.1, -0.05) is 12.1 Å². The maximum absolute atomic E-state index is 5.82. The molecule has 2 rings (SSSR count). The Morgan fingerprint density at radius 1 is 1.42 bits per heavy atom. The number of benzene rings is 1. The van der Waals surface area contributed by atoms with E-state index in [1.165, 1.54) is 0 Å². The van der Waals surface area contributed by atoms with Crippen molar-refractivity contribution in [3.05, 3.63) is 30.2 Å². The molecule has 0 aliphatic carbocycles. The molecule has 2 nitrogen and oxygen atoms in total. The number of hydrogen-bond acceptors (Lipinski definition) is 2. The molecule has 0 saturated heterocycles. The first kappa shape index (κ1) is 7.62. The van der Waals surface area contributed by atoms with E-state index in [9.17, 15) is 0 Å². The molecular weight excluding hydrogens is 174 g/mol. The second-order valence-electron chi connectivity index (χ2n) is 2.64. The summed E-state index contributed by atoms with van der Waals surface area (Å²) in [5.74, 6) is 0.581. The molecule has 0 spiro atoms. The Bertz CT molecular complexity index is 361. The predicted octanol–water partition coefficient (Wildman–Crippen LogP) is 3.13. The lowest BCUT2D eigenvalue weighted by Gasteiger charge is -1.91. The van der Waals surface area contributed by atoms with Gasteiger partial charge >= 0.3 is 0 Å². The van der Waals surface area contributed by atoms with Gasteiger partial charge in [0.2, 0.25) is 5.89 Å². The van der Waals surface area contributed by atoms with Crippen LogP contribution < -0.4 is 0 Å². The van der Waals surface area contributed by atoms with Gasteiger partial charge in [0.05, 0.1) is 0 Å². The van der Waals surface area contributed by atoms with Gasteiger partial charge in [-0.3, -0.25) is 0 Å². The van der Waals surface area contributed by atoms with Gasteiger partial charge in [0, 0.05) is 0 Å². The van der Waals surface area contributed by atoms with E-state index < -0.39 is 0 Å². The third-order valence-corrected chi connectivity index (χ3v) is 1.84. The summed E-state index contributed by atoms with van der Waals surface area (Å²) >= 11 is 5.82. The Balaban J connectivity index is 2.62. The van der Waals surface area contributed by atoms with Crippen molar-refractivity contribution in [3.63, 3.8) is 0 Å². The fraction of sp³-hybridized carbons (Fsp3) is 0.222. The zero-order valence-corrected chi connectivity index (χ0v) is 7.38. The summed E-state index contributed by atoms with van der Waals surface area (Å²) in [5, 5.41) is -0.169. The Kier molecular flexibility index (Phi) is 1.77. The molecule has 0 N–H and O–H groups in total.